The summed E-state index contributed by atoms with van der Waals surface area (Å²) in [6.45, 7) is 11.4. The van der Waals surface area contributed by atoms with Crippen LogP contribution in [0.15, 0.2) is 0 Å². The van der Waals surface area contributed by atoms with Gasteiger partial charge in [-0.15, -0.1) is 0 Å². The second kappa shape index (κ2) is 47.9. The molecule has 0 unspecified atom stereocenters. The first-order chi connectivity index (χ1) is 29.7. The maximum absolute atomic E-state index is 12.8. The van der Waals surface area contributed by atoms with Gasteiger partial charge in [0.2, 0.25) is 0 Å². The van der Waals surface area contributed by atoms with Crippen LogP contribution < -0.4 is 0 Å². The van der Waals surface area contributed by atoms with Crippen LogP contribution in [-0.2, 0) is 28.6 Å². The summed E-state index contributed by atoms with van der Waals surface area (Å²) in [7, 11) is 0. The van der Waals surface area contributed by atoms with Gasteiger partial charge in [0.05, 0.1) is 0 Å². The first-order valence-electron chi connectivity index (χ1n) is 27.2. The van der Waals surface area contributed by atoms with Gasteiger partial charge in [-0.1, -0.05) is 266 Å². The van der Waals surface area contributed by atoms with E-state index in [1.807, 2.05) is 0 Å². The van der Waals surface area contributed by atoms with Crippen LogP contribution in [0.5, 0.6) is 0 Å². The van der Waals surface area contributed by atoms with Crippen molar-refractivity contribution < 1.29 is 28.6 Å². The molecule has 0 saturated heterocycles. The Balaban J connectivity index is 4.30. The molecule has 0 rings (SSSR count). The van der Waals surface area contributed by atoms with Crippen molar-refractivity contribution in [2.45, 2.75) is 310 Å². The fraction of sp³-hybridized carbons (Fsp3) is 0.945. The highest BCUT2D eigenvalue weighted by Crippen LogP contribution is 2.18. The van der Waals surface area contributed by atoms with E-state index >= 15 is 0 Å². The lowest BCUT2D eigenvalue weighted by Crippen LogP contribution is -2.30. The molecule has 0 amide bonds. The molecule has 0 aliphatic carbocycles. The van der Waals surface area contributed by atoms with Crippen LogP contribution in [0.3, 0.4) is 0 Å². The predicted molar refractivity (Wildman–Crippen MR) is 261 cm³/mol. The number of carbonyl (C=O) groups excluding carboxylic acids is 3. The summed E-state index contributed by atoms with van der Waals surface area (Å²) in [4.78, 5) is 38.0. The summed E-state index contributed by atoms with van der Waals surface area (Å²) in [6, 6.07) is 0. The fourth-order valence-corrected chi connectivity index (χ4v) is 8.34. The molecular weight excluding hydrogens is 757 g/mol. The SMILES string of the molecule is CCCCCCCCCCCCCCC(=O)OC[C@@H](COC(=O)CCCCCCCCCCCCCCC(C)C)OC(=O)CCCCCCCCCCCCCCCC(C)C. The van der Waals surface area contributed by atoms with Crippen molar-refractivity contribution in [3.63, 3.8) is 0 Å². The Morgan fingerprint density at radius 2 is 0.541 bits per heavy atom. The molecule has 0 bridgehead atoms. The molecule has 0 fully saturated rings. The summed E-state index contributed by atoms with van der Waals surface area (Å²) in [5.74, 6) is 0.828. The molecule has 0 aliphatic heterocycles. The van der Waals surface area contributed by atoms with Crippen molar-refractivity contribution in [1.82, 2.24) is 0 Å². The molecule has 1 atom stereocenters. The van der Waals surface area contributed by atoms with Gasteiger partial charge in [-0.2, -0.15) is 0 Å². The van der Waals surface area contributed by atoms with Gasteiger partial charge in [-0.05, 0) is 31.1 Å². The monoisotopic (exact) mass is 863 g/mol. The Hall–Kier alpha value is -1.59. The molecule has 0 spiro atoms. The van der Waals surface area contributed by atoms with Crippen LogP contribution in [0.1, 0.15) is 304 Å². The van der Waals surface area contributed by atoms with Gasteiger partial charge in [-0.3, -0.25) is 14.4 Å². The highest BCUT2D eigenvalue weighted by atomic mass is 16.6. The van der Waals surface area contributed by atoms with Crippen molar-refractivity contribution in [3.05, 3.63) is 0 Å². The quantitative estimate of drug-likeness (QED) is 0.0344. The predicted octanol–water partition coefficient (Wildman–Crippen LogP) is 17.7. The Morgan fingerprint density at radius 1 is 0.311 bits per heavy atom. The number of hydrogen-bond acceptors (Lipinski definition) is 6. The molecule has 0 aromatic rings. The van der Waals surface area contributed by atoms with Gasteiger partial charge in [0.25, 0.3) is 0 Å². The van der Waals surface area contributed by atoms with Crippen molar-refractivity contribution in [1.29, 1.82) is 0 Å². The number of carbonyl (C=O) groups is 3. The lowest BCUT2D eigenvalue weighted by atomic mass is 10.0. The fourth-order valence-electron chi connectivity index (χ4n) is 8.34. The minimum atomic E-state index is -0.762. The van der Waals surface area contributed by atoms with Crippen LogP contribution in [0, 0.1) is 11.8 Å². The van der Waals surface area contributed by atoms with Gasteiger partial charge < -0.3 is 14.2 Å². The smallest absolute Gasteiger partial charge is 0.306 e. The molecule has 6 nitrogen and oxygen atoms in total. The van der Waals surface area contributed by atoms with Crippen molar-refractivity contribution in [2.24, 2.45) is 11.8 Å². The largest absolute Gasteiger partial charge is 0.462 e. The summed E-state index contributed by atoms with van der Waals surface area (Å²) in [5.41, 5.74) is 0. The maximum Gasteiger partial charge on any atom is 0.306 e. The number of esters is 3. The van der Waals surface area contributed by atoms with Crippen LogP contribution in [0.2, 0.25) is 0 Å². The Labute approximate surface area is 380 Å². The Bertz CT molecular complexity index is 931. The topological polar surface area (TPSA) is 78.9 Å². The van der Waals surface area contributed by atoms with E-state index in [-0.39, 0.29) is 31.1 Å². The lowest BCUT2D eigenvalue weighted by Gasteiger charge is -2.18. The van der Waals surface area contributed by atoms with Gasteiger partial charge >= 0.3 is 17.9 Å². The molecule has 362 valence electrons. The lowest BCUT2D eigenvalue weighted by molar-refractivity contribution is -0.167. The van der Waals surface area contributed by atoms with Gasteiger partial charge in [0, 0.05) is 19.3 Å². The van der Waals surface area contributed by atoms with Crippen LogP contribution in [-0.4, -0.2) is 37.2 Å². The zero-order chi connectivity index (χ0) is 44.7. The van der Waals surface area contributed by atoms with E-state index in [0.717, 1.165) is 69.6 Å². The van der Waals surface area contributed by atoms with E-state index in [1.165, 1.54) is 193 Å². The summed E-state index contributed by atoms with van der Waals surface area (Å²) < 4.78 is 16.8. The number of unbranched alkanes of at least 4 members (excludes halogenated alkanes) is 34. The zero-order valence-corrected chi connectivity index (χ0v) is 41.8. The highest BCUT2D eigenvalue weighted by Gasteiger charge is 2.19. The Morgan fingerprint density at radius 3 is 0.803 bits per heavy atom. The minimum Gasteiger partial charge on any atom is -0.462 e. The standard InChI is InChI=1S/C55H106O6/c1-6-7-8-9-10-11-12-20-25-30-35-40-45-53(56)59-48-52(49-60-54(57)46-41-36-31-26-21-17-16-19-24-29-34-39-44-51(4)5)61-55(58)47-42-37-32-27-22-15-13-14-18-23-28-33-38-43-50(2)3/h50-52H,6-49H2,1-5H3/t52-/m0/s1. The molecule has 0 heterocycles. The number of hydrogen-bond donors (Lipinski definition) is 0. The summed E-state index contributed by atoms with van der Waals surface area (Å²) in [6.07, 6.45) is 49.4. The van der Waals surface area contributed by atoms with Crippen LogP contribution >= 0.6 is 0 Å². The van der Waals surface area contributed by atoms with Crippen molar-refractivity contribution in [3.8, 4) is 0 Å². The van der Waals surface area contributed by atoms with E-state index in [2.05, 4.69) is 34.6 Å². The third-order valence-corrected chi connectivity index (χ3v) is 12.5. The Kier molecular flexibility index (Phi) is 46.6. The van der Waals surface area contributed by atoms with E-state index < -0.39 is 6.10 Å². The second-order valence-corrected chi connectivity index (χ2v) is 19.8. The van der Waals surface area contributed by atoms with Crippen LogP contribution in [0.25, 0.3) is 0 Å². The molecule has 0 saturated carbocycles. The van der Waals surface area contributed by atoms with Crippen molar-refractivity contribution in [2.75, 3.05) is 13.2 Å². The number of rotatable bonds is 49. The zero-order valence-electron chi connectivity index (χ0n) is 41.8. The van der Waals surface area contributed by atoms with Gasteiger partial charge in [-0.25, -0.2) is 0 Å². The summed E-state index contributed by atoms with van der Waals surface area (Å²) in [5, 5.41) is 0. The third kappa shape index (κ3) is 49.3. The number of ether oxygens (including phenoxy) is 3. The maximum atomic E-state index is 12.8. The minimum absolute atomic E-state index is 0.0631. The molecular formula is C55H106O6. The van der Waals surface area contributed by atoms with E-state index in [1.54, 1.807) is 0 Å². The molecule has 0 aromatic carbocycles. The van der Waals surface area contributed by atoms with Gasteiger partial charge in [0.1, 0.15) is 13.2 Å². The van der Waals surface area contributed by atoms with Gasteiger partial charge in [0.15, 0.2) is 6.10 Å². The highest BCUT2D eigenvalue weighted by molar-refractivity contribution is 5.71. The normalized spacial score (nSPS) is 12.0. The van der Waals surface area contributed by atoms with E-state index in [4.69, 9.17) is 14.2 Å². The molecule has 0 radical (unpaired) electrons. The molecule has 0 aliphatic rings. The van der Waals surface area contributed by atoms with Crippen molar-refractivity contribution >= 4 is 17.9 Å². The summed E-state index contributed by atoms with van der Waals surface area (Å²) >= 11 is 0. The first-order valence-corrected chi connectivity index (χ1v) is 27.2. The van der Waals surface area contributed by atoms with E-state index in [0.29, 0.717) is 19.3 Å². The van der Waals surface area contributed by atoms with E-state index in [9.17, 15) is 14.4 Å². The third-order valence-electron chi connectivity index (χ3n) is 12.5. The molecule has 0 aromatic heterocycles. The second-order valence-electron chi connectivity index (χ2n) is 19.8. The molecule has 61 heavy (non-hydrogen) atoms. The molecule has 6 heteroatoms. The first kappa shape index (κ1) is 59.4. The average Bonchev–Trinajstić information content (AvgIpc) is 3.23. The molecule has 0 N–H and O–H groups in total. The average molecular weight is 863 g/mol. The van der Waals surface area contributed by atoms with Crippen LogP contribution in [0.4, 0.5) is 0 Å².